The van der Waals surface area contributed by atoms with Crippen LogP contribution in [0.1, 0.15) is 0 Å². The van der Waals surface area contributed by atoms with Gasteiger partial charge >= 0.3 is 0 Å². The van der Waals surface area contributed by atoms with E-state index in [0.717, 1.165) is 5.56 Å². The Hall–Kier alpha value is -2.34. The van der Waals surface area contributed by atoms with Gasteiger partial charge in [-0.3, -0.25) is 0 Å². The van der Waals surface area contributed by atoms with Crippen LogP contribution in [0.25, 0.3) is 23.0 Å². The molecule has 0 aliphatic heterocycles. The lowest BCUT2D eigenvalue weighted by Gasteiger charge is -1.97. The third-order valence-corrected chi connectivity index (χ3v) is 3.51. The fourth-order valence-corrected chi connectivity index (χ4v) is 2.16. The molecular formula is C14H12N4OS. The van der Waals surface area contributed by atoms with E-state index in [-0.39, 0.29) is 0 Å². The van der Waals surface area contributed by atoms with Gasteiger partial charge in [0.25, 0.3) is 5.89 Å². The lowest BCUT2D eigenvalue weighted by Crippen LogP contribution is -1.91. The Labute approximate surface area is 120 Å². The molecule has 0 atom stereocenters. The Morgan fingerprint density at radius 2 is 1.85 bits per heavy atom. The van der Waals surface area contributed by atoms with Crippen LogP contribution in [0.15, 0.2) is 51.9 Å². The molecule has 0 aliphatic rings. The number of nitrogen functional groups attached to an aromatic ring is 1. The highest BCUT2D eigenvalue weighted by Gasteiger charge is 2.11. The van der Waals surface area contributed by atoms with Gasteiger partial charge < -0.3 is 10.3 Å². The second kappa shape index (κ2) is 5.34. The standard InChI is InChI=1S/C14H12N4OS/c1-20-10-7-5-9(6-8-10)13-17-14(19-18-13)11-3-2-4-12(15)16-11/h2-8H,1H3,(H2,15,16). The number of thioether (sulfide) groups is 1. The first-order chi connectivity index (χ1) is 9.76. The number of aromatic nitrogens is 3. The molecule has 2 heterocycles. The van der Waals surface area contributed by atoms with Gasteiger partial charge in [0, 0.05) is 10.5 Å². The van der Waals surface area contributed by atoms with Crippen LogP contribution in [-0.2, 0) is 0 Å². The van der Waals surface area contributed by atoms with Crippen molar-refractivity contribution in [3.8, 4) is 23.0 Å². The molecule has 0 fully saturated rings. The van der Waals surface area contributed by atoms with E-state index in [1.54, 1.807) is 30.0 Å². The van der Waals surface area contributed by atoms with Gasteiger partial charge in [-0.1, -0.05) is 11.2 Å². The van der Waals surface area contributed by atoms with E-state index in [1.165, 1.54) is 4.90 Å². The largest absolute Gasteiger partial charge is 0.384 e. The minimum absolute atomic E-state index is 0.362. The molecule has 100 valence electrons. The maximum absolute atomic E-state index is 5.64. The van der Waals surface area contributed by atoms with Gasteiger partial charge in [0.1, 0.15) is 11.5 Å². The number of nitrogens with two attached hydrogens (primary N) is 1. The summed E-state index contributed by atoms with van der Waals surface area (Å²) in [7, 11) is 0. The van der Waals surface area contributed by atoms with Gasteiger partial charge in [0.15, 0.2) is 0 Å². The Bertz CT molecular complexity index is 724. The van der Waals surface area contributed by atoms with Crippen molar-refractivity contribution in [2.24, 2.45) is 0 Å². The van der Waals surface area contributed by atoms with E-state index in [0.29, 0.717) is 23.2 Å². The lowest BCUT2D eigenvalue weighted by atomic mass is 10.2. The second-order valence-corrected chi connectivity index (χ2v) is 4.98. The van der Waals surface area contributed by atoms with Crippen molar-refractivity contribution in [3.63, 3.8) is 0 Å². The van der Waals surface area contributed by atoms with Crippen molar-refractivity contribution >= 4 is 17.6 Å². The minimum Gasteiger partial charge on any atom is -0.384 e. The topological polar surface area (TPSA) is 77.8 Å². The quantitative estimate of drug-likeness (QED) is 0.745. The minimum atomic E-state index is 0.362. The maximum Gasteiger partial charge on any atom is 0.276 e. The van der Waals surface area contributed by atoms with Gasteiger partial charge in [-0.25, -0.2) is 4.98 Å². The van der Waals surface area contributed by atoms with E-state index in [1.807, 2.05) is 30.5 Å². The summed E-state index contributed by atoms with van der Waals surface area (Å²) in [5, 5.41) is 3.97. The highest BCUT2D eigenvalue weighted by molar-refractivity contribution is 7.98. The van der Waals surface area contributed by atoms with Crippen LogP contribution >= 0.6 is 11.8 Å². The van der Waals surface area contributed by atoms with Crippen molar-refractivity contribution < 1.29 is 4.52 Å². The highest BCUT2D eigenvalue weighted by atomic mass is 32.2. The Kier molecular flexibility index (Phi) is 3.39. The fourth-order valence-electron chi connectivity index (χ4n) is 1.76. The number of nitrogens with zero attached hydrogens (tertiary/aromatic N) is 3. The highest BCUT2D eigenvalue weighted by Crippen LogP contribution is 2.23. The predicted octanol–water partition coefficient (Wildman–Crippen LogP) is 3.10. The summed E-state index contributed by atoms with van der Waals surface area (Å²) in [5.41, 5.74) is 7.12. The molecular weight excluding hydrogens is 272 g/mol. The zero-order valence-corrected chi connectivity index (χ0v) is 11.6. The van der Waals surface area contributed by atoms with Gasteiger partial charge in [-0.05, 0) is 42.7 Å². The first kappa shape index (κ1) is 12.7. The summed E-state index contributed by atoms with van der Waals surface area (Å²) in [6.45, 7) is 0. The molecule has 2 aromatic heterocycles. The molecule has 3 rings (SSSR count). The molecule has 0 unspecified atom stereocenters. The molecule has 0 bridgehead atoms. The van der Waals surface area contributed by atoms with Crippen LogP contribution in [0.3, 0.4) is 0 Å². The van der Waals surface area contributed by atoms with Crippen molar-refractivity contribution in [3.05, 3.63) is 42.5 Å². The van der Waals surface area contributed by atoms with Crippen molar-refractivity contribution in [2.45, 2.75) is 4.90 Å². The zero-order chi connectivity index (χ0) is 13.9. The van der Waals surface area contributed by atoms with E-state index in [2.05, 4.69) is 15.1 Å². The van der Waals surface area contributed by atoms with Crippen molar-refractivity contribution in [2.75, 3.05) is 12.0 Å². The number of hydrogen-bond acceptors (Lipinski definition) is 6. The van der Waals surface area contributed by atoms with Gasteiger partial charge in [-0.15, -0.1) is 11.8 Å². The Morgan fingerprint density at radius 1 is 1.05 bits per heavy atom. The molecule has 1 aromatic carbocycles. The van der Waals surface area contributed by atoms with E-state index < -0.39 is 0 Å². The van der Waals surface area contributed by atoms with Crippen LogP contribution in [-0.4, -0.2) is 21.4 Å². The van der Waals surface area contributed by atoms with Gasteiger partial charge in [0.2, 0.25) is 5.82 Å². The molecule has 0 amide bonds. The molecule has 3 aromatic rings. The molecule has 0 spiro atoms. The van der Waals surface area contributed by atoms with Crippen molar-refractivity contribution in [1.29, 1.82) is 0 Å². The Morgan fingerprint density at radius 3 is 2.55 bits per heavy atom. The summed E-state index contributed by atoms with van der Waals surface area (Å²) in [6, 6.07) is 13.3. The van der Waals surface area contributed by atoms with Crippen LogP contribution in [0.5, 0.6) is 0 Å². The molecule has 0 saturated heterocycles. The van der Waals surface area contributed by atoms with E-state index in [4.69, 9.17) is 10.3 Å². The number of benzene rings is 1. The number of pyridine rings is 1. The van der Waals surface area contributed by atoms with Gasteiger partial charge in [0.05, 0.1) is 0 Å². The van der Waals surface area contributed by atoms with Crippen molar-refractivity contribution in [1.82, 2.24) is 15.1 Å². The zero-order valence-electron chi connectivity index (χ0n) is 10.8. The van der Waals surface area contributed by atoms with Crippen LogP contribution < -0.4 is 5.73 Å². The third-order valence-electron chi connectivity index (χ3n) is 2.76. The van der Waals surface area contributed by atoms with Crippen LogP contribution in [0.4, 0.5) is 5.82 Å². The average molecular weight is 284 g/mol. The predicted molar refractivity (Wildman–Crippen MR) is 79.2 cm³/mol. The summed E-state index contributed by atoms with van der Waals surface area (Å²) in [6.07, 6.45) is 2.03. The number of rotatable bonds is 3. The van der Waals surface area contributed by atoms with Crippen LogP contribution in [0, 0.1) is 0 Å². The molecule has 2 N–H and O–H groups in total. The Balaban J connectivity index is 1.93. The normalized spacial score (nSPS) is 10.7. The van der Waals surface area contributed by atoms with Gasteiger partial charge in [-0.2, -0.15) is 4.98 Å². The molecule has 6 heteroatoms. The maximum atomic E-state index is 5.64. The summed E-state index contributed by atoms with van der Waals surface area (Å²) in [4.78, 5) is 9.69. The first-order valence-electron chi connectivity index (χ1n) is 5.97. The molecule has 0 radical (unpaired) electrons. The van der Waals surface area contributed by atoms with E-state index in [9.17, 15) is 0 Å². The SMILES string of the molecule is CSc1ccc(-c2noc(-c3cccc(N)n3)n2)cc1. The van der Waals surface area contributed by atoms with E-state index >= 15 is 0 Å². The summed E-state index contributed by atoms with van der Waals surface area (Å²) < 4.78 is 5.23. The first-order valence-corrected chi connectivity index (χ1v) is 7.20. The molecule has 0 saturated carbocycles. The summed E-state index contributed by atoms with van der Waals surface area (Å²) >= 11 is 1.69. The molecule has 0 aliphatic carbocycles. The third kappa shape index (κ3) is 2.50. The number of anilines is 1. The molecule has 20 heavy (non-hydrogen) atoms. The summed E-state index contributed by atoms with van der Waals surface area (Å²) in [5.74, 6) is 1.32. The monoisotopic (exact) mass is 284 g/mol. The second-order valence-electron chi connectivity index (χ2n) is 4.10. The fraction of sp³-hybridized carbons (Fsp3) is 0.0714. The smallest absolute Gasteiger partial charge is 0.276 e. The average Bonchev–Trinajstić information content (AvgIpc) is 2.97. The molecule has 5 nitrogen and oxygen atoms in total. The number of hydrogen-bond donors (Lipinski definition) is 1. The lowest BCUT2D eigenvalue weighted by molar-refractivity contribution is 0.431. The van der Waals surface area contributed by atoms with Crippen LogP contribution in [0.2, 0.25) is 0 Å².